The molecule has 8 heteroatoms. The molecule has 2 N–H and O–H groups in total. The molecule has 0 saturated carbocycles. The third-order valence-corrected chi connectivity index (χ3v) is 5.44. The largest absolute Gasteiger partial charge is 0.378 e. The lowest BCUT2D eigenvalue weighted by atomic mass is 10.1. The average Bonchev–Trinajstić information content (AvgIpc) is 3.28. The first-order valence-electron chi connectivity index (χ1n) is 10.4. The summed E-state index contributed by atoms with van der Waals surface area (Å²) < 4.78 is 5.44. The monoisotopic (exact) mass is 415 g/mol. The number of ether oxygens (including phenoxy) is 1. The van der Waals surface area contributed by atoms with Crippen molar-refractivity contribution in [2.45, 2.75) is 0 Å². The number of hydrogen-bond acceptors (Lipinski definition) is 7. The predicted molar refractivity (Wildman–Crippen MR) is 124 cm³/mol. The van der Waals surface area contributed by atoms with Gasteiger partial charge in [-0.15, -0.1) is 0 Å². The van der Waals surface area contributed by atoms with Gasteiger partial charge in [-0.2, -0.15) is 4.98 Å². The molecule has 1 fully saturated rings. The van der Waals surface area contributed by atoms with E-state index in [1.165, 1.54) is 5.69 Å². The van der Waals surface area contributed by atoms with Crippen LogP contribution in [0.1, 0.15) is 0 Å². The molecule has 0 unspecified atom stereocenters. The van der Waals surface area contributed by atoms with Gasteiger partial charge < -0.3 is 24.8 Å². The Morgan fingerprint density at radius 1 is 0.968 bits per heavy atom. The fourth-order valence-electron chi connectivity index (χ4n) is 3.72. The number of imidazole rings is 1. The maximum atomic E-state index is 5.44. The zero-order chi connectivity index (χ0) is 21.2. The number of rotatable bonds is 5. The summed E-state index contributed by atoms with van der Waals surface area (Å²) >= 11 is 0. The molecule has 1 aliphatic rings. The molecule has 0 spiro atoms. The van der Waals surface area contributed by atoms with Crippen molar-refractivity contribution in [3.05, 3.63) is 54.9 Å². The van der Waals surface area contributed by atoms with Crippen LogP contribution < -0.4 is 15.1 Å². The smallest absolute Gasteiger partial charge is 0.229 e. The first kappa shape index (κ1) is 19.3. The van der Waals surface area contributed by atoms with Gasteiger partial charge in [0.1, 0.15) is 11.2 Å². The van der Waals surface area contributed by atoms with Gasteiger partial charge in [-0.3, -0.25) is 0 Å². The normalized spacial score (nSPS) is 14.1. The van der Waals surface area contributed by atoms with E-state index in [1.54, 1.807) is 6.33 Å². The van der Waals surface area contributed by atoms with E-state index in [1.807, 2.05) is 14.1 Å². The molecule has 8 nitrogen and oxygen atoms in total. The van der Waals surface area contributed by atoms with Crippen LogP contribution in [0.5, 0.6) is 0 Å². The standard InChI is InChI=1S/C23H25N7O/c1-29(2)18-7-3-16(4-8-18)20-21-22(25-15-24-21)28-23(27-20)26-17-5-9-19(10-6-17)30-11-13-31-14-12-30/h3-10,15H,11-14H2,1-2H3,(H2,24,25,26,27,28). The van der Waals surface area contributed by atoms with E-state index in [9.17, 15) is 0 Å². The molecule has 3 heterocycles. The lowest BCUT2D eigenvalue weighted by Gasteiger charge is -2.28. The van der Waals surface area contributed by atoms with Gasteiger partial charge >= 0.3 is 0 Å². The number of benzene rings is 2. The Morgan fingerprint density at radius 3 is 2.42 bits per heavy atom. The molecule has 0 bridgehead atoms. The van der Waals surface area contributed by atoms with E-state index in [0.717, 1.165) is 54.5 Å². The van der Waals surface area contributed by atoms with Crippen LogP contribution in [0, 0.1) is 0 Å². The van der Waals surface area contributed by atoms with Crippen LogP contribution in [-0.4, -0.2) is 60.3 Å². The molecule has 0 atom stereocenters. The van der Waals surface area contributed by atoms with E-state index in [2.05, 4.69) is 78.6 Å². The predicted octanol–water partition coefficient (Wildman–Crippen LogP) is 3.67. The van der Waals surface area contributed by atoms with Crippen molar-refractivity contribution < 1.29 is 4.74 Å². The number of morpholine rings is 1. The molecule has 4 aromatic rings. The molecule has 0 radical (unpaired) electrons. The molecular formula is C23H25N7O. The van der Waals surface area contributed by atoms with Gasteiger partial charge in [-0.25, -0.2) is 9.97 Å². The SMILES string of the molecule is CN(C)c1ccc(-c2nc(Nc3ccc(N4CCOCC4)cc3)nc3[nH]cnc23)cc1. The van der Waals surface area contributed by atoms with Gasteiger partial charge in [0.25, 0.3) is 0 Å². The summed E-state index contributed by atoms with van der Waals surface area (Å²) in [5.74, 6) is 0.530. The Labute approximate surface area is 180 Å². The number of nitrogens with one attached hydrogen (secondary N) is 2. The van der Waals surface area contributed by atoms with Crippen LogP contribution in [0.15, 0.2) is 54.9 Å². The van der Waals surface area contributed by atoms with Crippen LogP contribution in [0.2, 0.25) is 0 Å². The van der Waals surface area contributed by atoms with E-state index in [-0.39, 0.29) is 0 Å². The Morgan fingerprint density at radius 2 is 1.71 bits per heavy atom. The summed E-state index contributed by atoms with van der Waals surface area (Å²) in [6.07, 6.45) is 1.65. The van der Waals surface area contributed by atoms with Gasteiger partial charge in [-0.05, 0) is 36.4 Å². The summed E-state index contributed by atoms with van der Waals surface area (Å²) in [6.45, 7) is 3.39. The minimum Gasteiger partial charge on any atom is -0.378 e. The molecule has 2 aromatic heterocycles. The zero-order valence-electron chi connectivity index (χ0n) is 17.7. The highest BCUT2D eigenvalue weighted by Gasteiger charge is 2.14. The van der Waals surface area contributed by atoms with Crippen molar-refractivity contribution in [2.24, 2.45) is 0 Å². The highest BCUT2D eigenvalue weighted by Crippen LogP contribution is 2.28. The summed E-state index contributed by atoms with van der Waals surface area (Å²) in [6, 6.07) is 16.6. The minimum absolute atomic E-state index is 0.530. The molecule has 158 valence electrons. The van der Waals surface area contributed by atoms with Gasteiger partial charge in [0, 0.05) is 49.8 Å². The van der Waals surface area contributed by atoms with Crippen LogP contribution in [0.25, 0.3) is 22.4 Å². The number of nitrogens with zero attached hydrogens (tertiary/aromatic N) is 5. The molecule has 0 amide bonds. The number of anilines is 4. The minimum atomic E-state index is 0.530. The Kier molecular flexibility index (Phi) is 5.13. The third kappa shape index (κ3) is 4.02. The van der Waals surface area contributed by atoms with Gasteiger partial charge in [0.15, 0.2) is 5.65 Å². The van der Waals surface area contributed by atoms with E-state index >= 15 is 0 Å². The summed E-state index contributed by atoms with van der Waals surface area (Å²) in [7, 11) is 4.05. The summed E-state index contributed by atoms with van der Waals surface area (Å²) in [4.78, 5) is 21.3. The topological polar surface area (TPSA) is 82.2 Å². The second-order valence-corrected chi connectivity index (χ2v) is 7.71. The van der Waals surface area contributed by atoms with Crippen molar-refractivity contribution in [2.75, 3.05) is 55.5 Å². The average molecular weight is 416 g/mol. The highest BCUT2D eigenvalue weighted by atomic mass is 16.5. The highest BCUT2D eigenvalue weighted by molar-refractivity contribution is 5.88. The third-order valence-electron chi connectivity index (χ3n) is 5.44. The maximum Gasteiger partial charge on any atom is 0.229 e. The molecule has 31 heavy (non-hydrogen) atoms. The lowest BCUT2D eigenvalue weighted by molar-refractivity contribution is 0.122. The van der Waals surface area contributed by atoms with Crippen LogP contribution in [0.4, 0.5) is 23.0 Å². The fourth-order valence-corrected chi connectivity index (χ4v) is 3.72. The van der Waals surface area contributed by atoms with Gasteiger partial charge in [0.2, 0.25) is 5.95 Å². The molecule has 2 aromatic carbocycles. The first-order chi connectivity index (χ1) is 15.2. The second kappa shape index (κ2) is 8.23. The van der Waals surface area contributed by atoms with E-state index in [4.69, 9.17) is 9.72 Å². The zero-order valence-corrected chi connectivity index (χ0v) is 17.7. The molecular weight excluding hydrogens is 390 g/mol. The van der Waals surface area contributed by atoms with E-state index < -0.39 is 0 Å². The van der Waals surface area contributed by atoms with Crippen molar-refractivity contribution in [3.8, 4) is 11.3 Å². The van der Waals surface area contributed by atoms with Crippen LogP contribution in [0.3, 0.4) is 0 Å². The van der Waals surface area contributed by atoms with Gasteiger partial charge in [-0.1, -0.05) is 12.1 Å². The van der Waals surface area contributed by atoms with Crippen LogP contribution in [-0.2, 0) is 4.74 Å². The number of hydrogen-bond donors (Lipinski definition) is 2. The molecule has 1 saturated heterocycles. The quantitative estimate of drug-likeness (QED) is 0.515. The van der Waals surface area contributed by atoms with Crippen LogP contribution >= 0.6 is 0 Å². The first-order valence-corrected chi connectivity index (χ1v) is 10.4. The van der Waals surface area contributed by atoms with Crippen molar-refractivity contribution >= 4 is 34.2 Å². The molecule has 0 aliphatic carbocycles. The van der Waals surface area contributed by atoms with Gasteiger partial charge in [0.05, 0.1) is 19.5 Å². The Bertz CT molecular complexity index is 1160. The number of aromatic nitrogens is 4. The second-order valence-electron chi connectivity index (χ2n) is 7.71. The van der Waals surface area contributed by atoms with Crippen molar-refractivity contribution in [1.29, 1.82) is 0 Å². The molecule has 5 rings (SSSR count). The fraction of sp³-hybridized carbons (Fsp3) is 0.261. The Hall–Kier alpha value is -3.65. The maximum absolute atomic E-state index is 5.44. The Balaban J connectivity index is 1.42. The van der Waals surface area contributed by atoms with Crippen molar-refractivity contribution in [3.63, 3.8) is 0 Å². The lowest BCUT2D eigenvalue weighted by Crippen LogP contribution is -2.36. The molecule has 1 aliphatic heterocycles. The van der Waals surface area contributed by atoms with E-state index in [0.29, 0.717) is 11.6 Å². The summed E-state index contributed by atoms with van der Waals surface area (Å²) in [5.41, 5.74) is 6.51. The number of aromatic amines is 1. The number of H-pyrrole nitrogens is 1. The summed E-state index contributed by atoms with van der Waals surface area (Å²) in [5, 5.41) is 3.33. The van der Waals surface area contributed by atoms with Crippen molar-refractivity contribution in [1.82, 2.24) is 19.9 Å². The number of fused-ring (bicyclic) bond motifs is 1.